The van der Waals surface area contributed by atoms with Crippen LogP contribution in [-0.4, -0.2) is 43.0 Å². The Morgan fingerprint density at radius 1 is 1.08 bits per heavy atom. The van der Waals surface area contributed by atoms with Gasteiger partial charge in [-0.15, -0.1) is 0 Å². The van der Waals surface area contributed by atoms with E-state index in [2.05, 4.69) is 10.2 Å². The number of carbonyl (C=O) groups excluding carboxylic acids is 1. The molecule has 3 heterocycles. The first kappa shape index (κ1) is 15.6. The summed E-state index contributed by atoms with van der Waals surface area (Å²) in [5.74, 6) is 0.00605. The van der Waals surface area contributed by atoms with E-state index in [0.29, 0.717) is 5.69 Å². The first-order valence-corrected chi connectivity index (χ1v) is 8.71. The fraction of sp³-hybridized carbons (Fsp3) is 0.316. The fourth-order valence-corrected chi connectivity index (χ4v) is 3.39. The number of likely N-dealkylation sites (tertiary alicyclic amines) is 1. The van der Waals surface area contributed by atoms with Gasteiger partial charge in [-0.1, -0.05) is 18.2 Å². The summed E-state index contributed by atoms with van der Waals surface area (Å²) in [7, 11) is 0. The van der Waals surface area contributed by atoms with Crippen molar-refractivity contribution in [3.8, 4) is 5.69 Å². The van der Waals surface area contributed by atoms with Crippen LogP contribution in [0.15, 0.2) is 61.1 Å². The summed E-state index contributed by atoms with van der Waals surface area (Å²) in [4.78, 5) is 15.0. The van der Waals surface area contributed by atoms with Crippen molar-refractivity contribution >= 4 is 5.91 Å². The second-order valence-corrected chi connectivity index (χ2v) is 6.36. The van der Waals surface area contributed by atoms with Crippen molar-refractivity contribution in [3.05, 3.63) is 66.7 Å². The van der Waals surface area contributed by atoms with E-state index in [1.807, 2.05) is 58.4 Å². The molecule has 1 fully saturated rings. The van der Waals surface area contributed by atoms with Crippen LogP contribution in [-0.2, 0) is 6.54 Å². The van der Waals surface area contributed by atoms with Crippen LogP contribution in [0.5, 0.6) is 0 Å². The minimum atomic E-state index is 0.00605. The molecule has 6 heteroatoms. The van der Waals surface area contributed by atoms with Crippen LogP contribution < -0.4 is 0 Å². The molecule has 0 unspecified atom stereocenters. The predicted molar refractivity (Wildman–Crippen MR) is 94.5 cm³/mol. The highest BCUT2D eigenvalue weighted by atomic mass is 16.2. The summed E-state index contributed by atoms with van der Waals surface area (Å²) in [6.07, 6.45) is 8.76. The van der Waals surface area contributed by atoms with Gasteiger partial charge in [0.2, 0.25) is 0 Å². The van der Waals surface area contributed by atoms with Crippen molar-refractivity contribution in [2.45, 2.75) is 31.8 Å². The van der Waals surface area contributed by atoms with E-state index in [4.69, 9.17) is 0 Å². The van der Waals surface area contributed by atoms with Crippen LogP contribution >= 0.6 is 0 Å². The standard InChI is InChI=1S/C19H21N5O/c25-19(18-10-14-24(21-18)16-7-2-1-3-8-16)23-13-5-4-9-17(23)15-22-12-6-11-20-22/h1-3,6-8,10-12,14,17H,4-5,9,13,15H2/t17-/m0/s1. The van der Waals surface area contributed by atoms with Gasteiger partial charge in [0.25, 0.3) is 5.91 Å². The monoisotopic (exact) mass is 335 g/mol. The summed E-state index contributed by atoms with van der Waals surface area (Å²) in [5.41, 5.74) is 1.45. The molecule has 4 rings (SSSR count). The Hall–Kier alpha value is -2.89. The Labute approximate surface area is 146 Å². The van der Waals surface area contributed by atoms with Crippen LogP contribution in [0.2, 0.25) is 0 Å². The maximum Gasteiger partial charge on any atom is 0.274 e. The highest BCUT2D eigenvalue weighted by Crippen LogP contribution is 2.21. The van der Waals surface area contributed by atoms with E-state index in [-0.39, 0.29) is 11.9 Å². The number of carbonyl (C=O) groups is 1. The number of aromatic nitrogens is 4. The molecule has 1 atom stereocenters. The lowest BCUT2D eigenvalue weighted by atomic mass is 10.0. The summed E-state index contributed by atoms with van der Waals surface area (Å²) >= 11 is 0. The van der Waals surface area contributed by atoms with Crippen molar-refractivity contribution in [2.75, 3.05) is 6.54 Å². The van der Waals surface area contributed by atoms with Gasteiger partial charge in [-0.25, -0.2) is 4.68 Å². The third-order valence-corrected chi connectivity index (χ3v) is 4.67. The summed E-state index contributed by atoms with van der Waals surface area (Å²) in [5, 5.41) is 8.77. The molecule has 0 aliphatic carbocycles. The Morgan fingerprint density at radius 2 is 1.96 bits per heavy atom. The molecule has 1 aromatic carbocycles. The van der Waals surface area contributed by atoms with Gasteiger partial charge < -0.3 is 4.90 Å². The Kier molecular flexibility index (Phi) is 4.33. The molecule has 25 heavy (non-hydrogen) atoms. The van der Waals surface area contributed by atoms with E-state index < -0.39 is 0 Å². The van der Waals surface area contributed by atoms with Gasteiger partial charge in [-0.05, 0) is 43.5 Å². The molecule has 0 bridgehead atoms. The second-order valence-electron chi connectivity index (χ2n) is 6.36. The SMILES string of the molecule is O=C(c1ccn(-c2ccccc2)n1)N1CCCC[C@H]1Cn1cccn1. The molecule has 3 aromatic rings. The topological polar surface area (TPSA) is 56.0 Å². The van der Waals surface area contributed by atoms with Crippen molar-refractivity contribution < 1.29 is 4.79 Å². The van der Waals surface area contributed by atoms with E-state index >= 15 is 0 Å². The summed E-state index contributed by atoms with van der Waals surface area (Å²) < 4.78 is 3.65. The maximum atomic E-state index is 13.0. The zero-order chi connectivity index (χ0) is 17.1. The number of nitrogens with zero attached hydrogens (tertiary/aromatic N) is 5. The highest BCUT2D eigenvalue weighted by molar-refractivity contribution is 5.92. The first-order valence-electron chi connectivity index (χ1n) is 8.71. The van der Waals surface area contributed by atoms with Gasteiger partial charge in [0, 0.05) is 25.1 Å². The van der Waals surface area contributed by atoms with Crippen molar-refractivity contribution in [3.63, 3.8) is 0 Å². The second kappa shape index (κ2) is 6.93. The lowest BCUT2D eigenvalue weighted by Crippen LogP contribution is -2.46. The lowest BCUT2D eigenvalue weighted by molar-refractivity contribution is 0.0577. The molecule has 1 amide bonds. The van der Waals surface area contributed by atoms with E-state index in [1.165, 1.54) is 0 Å². The van der Waals surface area contributed by atoms with E-state index in [0.717, 1.165) is 38.0 Å². The zero-order valence-corrected chi connectivity index (χ0v) is 14.0. The molecule has 0 radical (unpaired) electrons. The number of hydrogen-bond acceptors (Lipinski definition) is 3. The molecule has 6 nitrogen and oxygen atoms in total. The molecule has 1 saturated heterocycles. The van der Waals surface area contributed by atoms with Gasteiger partial charge in [0.05, 0.1) is 18.3 Å². The summed E-state index contributed by atoms with van der Waals surface area (Å²) in [6.45, 7) is 1.51. The Morgan fingerprint density at radius 3 is 2.76 bits per heavy atom. The molecule has 0 spiro atoms. The fourth-order valence-electron chi connectivity index (χ4n) is 3.39. The number of para-hydroxylation sites is 1. The lowest BCUT2D eigenvalue weighted by Gasteiger charge is -2.35. The Balaban J connectivity index is 1.53. The number of amides is 1. The first-order chi connectivity index (χ1) is 12.3. The van der Waals surface area contributed by atoms with Crippen LogP contribution in [0.4, 0.5) is 0 Å². The number of piperidine rings is 1. The molecule has 1 aliphatic heterocycles. The maximum absolute atomic E-state index is 13.0. The van der Waals surface area contributed by atoms with Crippen LogP contribution in [0.1, 0.15) is 29.8 Å². The van der Waals surface area contributed by atoms with Gasteiger partial charge in [0.15, 0.2) is 5.69 Å². The van der Waals surface area contributed by atoms with Crippen molar-refractivity contribution in [2.24, 2.45) is 0 Å². The van der Waals surface area contributed by atoms with E-state index in [9.17, 15) is 4.79 Å². The van der Waals surface area contributed by atoms with Gasteiger partial charge >= 0.3 is 0 Å². The number of benzene rings is 1. The smallest absolute Gasteiger partial charge is 0.274 e. The van der Waals surface area contributed by atoms with Crippen molar-refractivity contribution in [1.82, 2.24) is 24.5 Å². The Bertz CT molecular complexity index is 825. The highest BCUT2D eigenvalue weighted by Gasteiger charge is 2.29. The average molecular weight is 335 g/mol. The average Bonchev–Trinajstić information content (AvgIpc) is 3.34. The minimum Gasteiger partial charge on any atom is -0.332 e. The molecule has 0 N–H and O–H groups in total. The molecule has 128 valence electrons. The van der Waals surface area contributed by atoms with Gasteiger partial charge in [0.1, 0.15) is 0 Å². The molecule has 2 aromatic heterocycles. The number of rotatable bonds is 4. The largest absolute Gasteiger partial charge is 0.332 e. The number of hydrogen-bond donors (Lipinski definition) is 0. The summed E-state index contributed by atoms with van der Waals surface area (Å²) in [6, 6.07) is 13.7. The molecule has 0 saturated carbocycles. The van der Waals surface area contributed by atoms with Crippen molar-refractivity contribution in [1.29, 1.82) is 0 Å². The van der Waals surface area contributed by atoms with Crippen LogP contribution in [0, 0.1) is 0 Å². The molecular formula is C19H21N5O. The quantitative estimate of drug-likeness (QED) is 0.737. The van der Waals surface area contributed by atoms with Gasteiger partial charge in [-0.3, -0.25) is 9.48 Å². The van der Waals surface area contributed by atoms with Gasteiger partial charge in [-0.2, -0.15) is 10.2 Å². The van der Waals surface area contributed by atoms with E-state index in [1.54, 1.807) is 16.9 Å². The third-order valence-electron chi connectivity index (χ3n) is 4.67. The zero-order valence-electron chi connectivity index (χ0n) is 14.0. The third kappa shape index (κ3) is 3.33. The van der Waals surface area contributed by atoms with Crippen LogP contribution in [0.25, 0.3) is 5.69 Å². The predicted octanol–water partition coefficient (Wildman–Crippen LogP) is 2.76. The molecule has 1 aliphatic rings. The normalized spacial score (nSPS) is 17.6. The molecular weight excluding hydrogens is 314 g/mol. The minimum absolute atomic E-state index is 0.00605. The van der Waals surface area contributed by atoms with Crippen LogP contribution in [0.3, 0.4) is 0 Å².